The lowest BCUT2D eigenvalue weighted by Gasteiger charge is -2.42. The minimum atomic E-state index is 0.681. The largest absolute Gasteiger partial charge is 0.381 e. The van der Waals surface area contributed by atoms with Crippen LogP contribution in [0.4, 0.5) is 5.69 Å². The lowest BCUT2D eigenvalue weighted by Crippen LogP contribution is -2.43. The molecule has 2 rings (SSSR count). The minimum absolute atomic E-state index is 0.681. The Balaban J connectivity index is 2.02. The van der Waals surface area contributed by atoms with Crippen molar-refractivity contribution in [2.24, 2.45) is 11.8 Å². The van der Waals surface area contributed by atoms with Gasteiger partial charge in [0.05, 0.1) is 0 Å². The molecule has 14 heavy (non-hydrogen) atoms. The first-order chi connectivity index (χ1) is 6.68. The van der Waals surface area contributed by atoms with E-state index in [1.807, 2.05) is 0 Å². The van der Waals surface area contributed by atoms with Crippen LogP contribution in [0.25, 0.3) is 0 Å². The second kappa shape index (κ2) is 4.09. The van der Waals surface area contributed by atoms with Crippen LogP contribution in [-0.2, 0) is 0 Å². The second-order valence-electron chi connectivity index (χ2n) is 4.30. The number of para-hydroxylation sites is 1. The topological polar surface area (TPSA) is 12.0 Å². The molecule has 0 saturated heterocycles. The molecule has 1 nitrogen and oxygen atoms in total. The summed E-state index contributed by atoms with van der Waals surface area (Å²) in [5.74, 6) is 1.69. The summed E-state index contributed by atoms with van der Waals surface area (Å²) in [7, 11) is 0. The Kier molecular flexibility index (Phi) is 3.00. The summed E-state index contributed by atoms with van der Waals surface area (Å²) in [5.41, 5.74) is 1.29. The van der Waals surface area contributed by atoms with Crippen molar-refractivity contribution in [3.05, 3.63) is 27.8 Å². The molecular formula is C12H16IN. The summed E-state index contributed by atoms with van der Waals surface area (Å²) >= 11 is 2.38. The summed E-state index contributed by atoms with van der Waals surface area (Å²) in [4.78, 5) is 0. The van der Waals surface area contributed by atoms with Gasteiger partial charge in [-0.05, 0) is 53.0 Å². The van der Waals surface area contributed by atoms with Crippen molar-refractivity contribution >= 4 is 28.3 Å². The van der Waals surface area contributed by atoms with Gasteiger partial charge in [0.25, 0.3) is 0 Å². The average molecular weight is 301 g/mol. The van der Waals surface area contributed by atoms with Gasteiger partial charge in [0.1, 0.15) is 0 Å². The Morgan fingerprint density at radius 1 is 1.29 bits per heavy atom. The van der Waals surface area contributed by atoms with E-state index in [9.17, 15) is 0 Å². The van der Waals surface area contributed by atoms with Gasteiger partial charge in [-0.3, -0.25) is 0 Å². The standard InChI is InChI=1S/C12H16IN/c1-8-7-12(9(8)2)14-11-6-4-3-5-10(11)13/h3-6,8-9,12,14H,7H2,1-2H3. The summed E-state index contributed by atoms with van der Waals surface area (Å²) < 4.78 is 1.32. The second-order valence-corrected chi connectivity index (χ2v) is 5.46. The SMILES string of the molecule is CC1CC(Nc2ccccc2I)C1C. The van der Waals surface area contributed by atoms with Crippen LogP contribution in [0, 0.1) is 15.4 Å². The monoisotopic (exact) mass is 301 g/mol. The first kappa shape index (κ1) is 10.3. The predicted molar refractivity (Wildman–Crippen MR) is 69.5 cm³/mol. The molecule has 1 saturated carbocycles. The van der Waals surface area contributed by atoms with Crippen molar-refractivity contribution in [3.63, 3.8) is 0 Å². The third-order valence-corrected chi connectivity index (χ3v) is 4.31. The molecule has 3 unspecified atom stereocenters. The predicted octanol–water partition coefficient (Wildman–Crippen LogP) is 3.75. The van der Waals surface area contributed by atoms with Crippen LogP contribution < -0.4 is 5.32 Å². The third kappa shape index (κ3) is 1.90. The smallest absolute Gasteiger partial charge is 0.0478 e. The fourth-order valence-corrected chi connectivity index (χ4v) is 2.54. The molecule has 1 fully saturated rings. The summed E-state index contributed by atoms with van der Waals surface area (Å²) in [6.07, 6.45) is 1.31. The van der Waals surface area contributed by atoms with Crippen LogP contribution in [0.2, 0.25) is 0 Å². The fourth-order valence-electron chi connectivity index (χ4n) is 2.00. The highest BCUT2D eigenvalue weighted by Gasteiger charge is 2.34. The number of nitrogens with one attached hydrogen (secondary N) is 1. The fraction of sp³-hybridized carbons (Fsp3) is 0.500. The molecule has 0 bridgehead atoms. The molecule has 1 aliphatic carbocycles. The molecule has 0 radical (unpaired) electrons. The molecule has 1 aromatic carbocycles. The molecule has 3 atom stereocenters. The highest BCUT2D eigenvalue weighted by molar-refractivity contribution is 14.1. The van der Waals surface area contributed by atoms with E-state index in [-0.39, 0.29) is 0 Å². The van der Waals surface area contributed by atoms with Crippen LogP contribution in [0.5, 0.6) is 0 Å². The number of rotatable bonds is 2. The Labute approximate surface area is 99.4 Å². The number of halogens is 1. The van der Waals surface area contributed by atoms with E-state index in [1.54, 1.807) is 0 Å². The van der Waals surface area contributed by atoms with Gasteiger partial charge >= 0.3 is 0 Å². The molecule has 76 valence electrons. The van der Waals surface area contributed by atoms with Crippen LogP contribution in [-0.4, -0.2) is 6.04 Å². The van der Waals surface area contributed by atoms with Gasteiger partial charge in [-0.15, -0.1) is 0 Å². The van der Waals surface area contributed by atoms with Gasteiger partial charge in [-0.1, -0.05) is 26.0 Å². The van der Waals surface area contributed by atoms with Crippen molar-refractivity contribution < 1.29 is 0 Å². The number of hydrogen-bond donors (Lipinski definition) is 1. The molecule has 0 heterocycles. The van der Waals surface area contributed by atoms with E-state index in [1.165, 1.54) is 15.7 Å². The zero-order chi connectivity index (χ0) is 10.1. The first-order valence-electron chi connectivity index (χ1n) is 5.19. The normalized spacial score (nSPS) is 30.9. The third-order valence-electron chi connectivity index (χ3n) is 3.37. The van der Waals surface area contributed by atoms with Gasteiger partial charge < -0.3 is 5.32 Å². The molecule has 2 heteroatoms. The van der Waals surface area contributed by atoms with Crippen LogP contribution in [0.1, 0.15) is 20.3 Å². The van der Waals surface area contributed by atoms with E-state index in [4.69, 9.17) is 0 Å². The van der Waals surface area contributed by atoms with E-state index in [0.717, 1.165) is 11.8 Å². The Hall–Kier alpha value is -0.250. The van der Waals surface area contributed by atoms with E-state index in [2.05, 4.69) is 66.0 Å². The van der Waals surface area contributed by atoms with E-state index < -0.39 is 0 Å². The molecule has 1 N–H and O–H groups in total. The first-order valence-corrected chi connectivity index (χ1v) is 6.27. The molecule has 0 spiro atoms. The molecule has 0 aliphatic heterocycles. The summed E-state index contributed by atoms with van der Waals surface area (Å²) in [5, 5.41) is 3.62. The zero-order valence-electron chi connectivity index (χ0n) is 8.63. The molecule has 1 aromatic rings. The molecule has 1 aliphatic rings. The Morgan fingerprint density at radius 2 is 2.00 bits per heavy atom. The molecular weight excluding hydrogens is 285 g/mol. The van der Waals surface area contributed by atoms with E-state index in [0.29, 0.717) is 6.04 Å². The highest BCUT2D eigenvalue weighted by Crippen LogP contribution is 2.36. The van der Waals surface area contributed by atoms with Crippen molar-refractivity contribution in [2.45, 2.75) is 26.3 Å². The van der Waals surface area contributed by atoms with Crippen LogP contribution >= 0.6 is 22.6 Å². The van der Waals surface area contributed by atoms with Gasteiger partial charge in [0, 0.05) is 15.3 Å². The van der Waals surface area contributed by atoms with Crippen LogP contribution in [0.15, 0.2) is 24.3 Å². The van der Waals surface area contributed by atoms with Gasteiger partial charge in [0.15, 0.2) is 0 Å². The van der Waals surface area contributed by atoms with Crippen LogP contribution in [0.3, 0.4) is 0 Å². The van der Waals surface area contributed by atoms with Crippen molar-refractivity contribution in [1.82, 2.24) is 0 Å². The molecule has 0 aromatic heterocycles. The zero-order valence-corrected chi connectivity index (χ0v) is 10.8. The highest BCUT2D eigenvalue weighted by atomic mass is 127. The minimum Gasteiger partial charge on any atom is -0.381 e. The lowest BCUT2D eigenvalue weighted by molar-refractivity contribution is 0.189. The summed E-state index contributed by atoms with van der Waals surface area (Å²) in [6, 6.07) is 9.17. The van der Waals surface area contributed by atoms with Gasteiger partial charge in [-0.25, -0.2) is 0 Å². The van der Waals surface area contributed by atoms with Gasteiger partial charge in [-0.2, -0.15) is 0 Å². The van der Waals surface area contributed by atoms with Crippen molar-refractivity contribution in [2.75, 3.05) is 5.32 Å². The quantitative estimate of drug-likeness (QED) is 0.820. The maximum atomic E-state index is 3.62. The maximum absolute atomic E-state index is 3.62. The molecule has 0 amide bonds. The van der Waals surface area contributed by atoms with Crippen molar-refractivity contribution in [1.29, 1.82) is 0 Å². The summed E-state index contributed by atoms with van der Waals surface area (Å²) in [6.45, 7) is 4.67. The number of anilines is 1. The number of hydrogen-bond acceptors (Lipinski definition) is 1. The Bertz CT molecular complexity index is 324. The average Bonchev–Trinajstić information content (AvgIpc) is 2.20. The van der Waals surface area contributed by atoms with E-state index >= 15 is 0 Å². The van der Waals surface area contributed by atoms with Gasteiger partial charge in [0.2, 0.25) is 0 Å². The Morgan fingerprint density at radius 3 is 2.57 bits per heavy atom. The van der Waals surface area contributed by atoms with Crippen molar-refractivity contribution in [3.8, 4) is 0 Å². The lowest BCUT2D eigenvalue weighted by atomic mass is 9.71. The maximum Gasteiger partial charge on any atom is 0.0478 e. The number of benzene rings is 1.